The van der Waals surface area contributed by atoms with Crippen molar-refractivity contribution >= 4 is 17.5 Å². The van der Waals surface area contributed by atoms with Gasteiger partial charge in [-0.2, -0.15) is 0 Å². The zero-order chi connectivity index (χ0) is 18.4. The van der Waals surface area contributed by atoms with Crippen LogP contribution in [0.25, 0.3) is 0 Å². The largest absolute Gasteiger partial charge is 0.353 e. The molecule has 2 aliphatic heterocycles. The quantitative estimate of drug-likeness (QED) is 0.682. The fourth-order valence-electron chi connectivity index (χ4n) is 4.03. The van der Waals surface area contributed by atoms with E-state index in [-0.39, 0.29) is 18.0 Å². The monoisotopic (exact) mass is 378 g/mol. The Morgan fingerprint density at radius 1 is 1.23 bits per heavy atom. The number of nitrogens with zero attached hydrogens (tertiary/aromatic N) is 1. The first-order valence-corrected chi connectivity index (χ1v) is 10.3. The lowest BCUT2D eigenvalue weighted by atomic mass is 10.0. The number of hydrogen-bond acceptors (Lipinski definition) is 4. The number of carbonyl (C=O) groups excluding carboxylic acids is 1. The average molecular weight is 379 g/mol. The van der Waals surface area contributed by atoms with Crippen LogP contribution in [0.4, 0.5) is 0 Å². The van der Waals surface area contributed by atoms with Gasteiger partial charge in [0.2, 0.25) is 5.91 Å². The Balaban J connectivity index is 1.60. The number of hydrogen-bond donors (Lipinski definition) is 3. The van der Waals surface area contributed by atoms with Gasteiger partial charge in [-0.1, -0.05) is 43.5 Å². The molecule has 26 heavy (non-hydrogen) atoms. The predicted molar refractivity (Wildman–Crippen MR) is 106 cm³/mol. The van der Waals surface area contributed by atoms with Crippen molar-refractivity contribution in [1.82, 2.24) is 21.1 Å². The Bertz CT molecular complexity index is 574. The molecule has 2 heterocycles. The predicted octanol–water partition coefficient (Wildman–Crippen LogP) is 3.02. The van der Waals surface area contributed by atoms with Gasteiger partial charge in [-0.3, -0.25) is 15.1 Å². The lowest BCUT2D eigenvalue weighted by Crippen LogP contribution is -2.47. The maximum absolute atomic E-state index is 12.6. The van der Waals surface area contributed by atoms with Crippen molar-refractivity contribution in [2.24, 2.45) is 0 Å². The van der Waals surface area contributed by atoms with E-state index in [0.29, 0.717) is 12.6 Å². The summed E-state index contributed by atoms with van der Waals surface area (Å²) in [5.41, 5.74) is 7.61. The number of halogens is 1. The van der Waals surface area contributed by atoms with Crippen molar-refractivity contribution in [3.8, 4) is 0 Å². The summed E-state index contributed by atoms with van der Waals surface area (Å²) >= 11 is 6.06. The normalized spacial score (nSPS) is 25.2. The van der Waals surface area contributed by atoms with Crippen molar-refractivity contribution in [3.63, 3.8) is 0 Å². The SMILES string of the molecule is CCCC1CC(C(=O)NCC(c2ccc(Cl)cc2)N2CCCCC2)NN1. The van der Waals surface area contributed by atoms with Crippen LogP contribution in [-0.2, 0) is 4.79 Å². The highest BCUT2D eigenvalue weighted by Gasteiger charge is 2.30. The lowest BCUT2D eigenvalue weighted by molar-refractivity contribution is -0.123. The third-order valence-electron chi connectivity index (χ3n) is 5.49. The van der Waals surface area contributed by atoms with Gasteiger partial charge < -0.3 is 5.32 Å². The third kappa shape index (κ3) is 5.19. The minimum Gasteiger partial charge on any atom is -0.353 e. The number of amides is 1. The summed E-state index contributed by atoms with van der Waals surface area (Å²) in [6.07, 6.45) is 6.83. The van der Waals surface area contributed by atoms with E-state index in [9.17, 15) is 4.79 Å². The van der Waals surface area contributed by atoms with Crippen LogP contribution in [-0.4, -0.2) is 42.5 Å². The van der Waals surface area contributed by atoms with E-state index in [2.05, 4.69) is 40.1 Å². The Morgan fingerprint density at radius 3 is 2.65 bits per heavy atom. The van der Waals surface area contributed by atoms with Crippen molar-refractivity contribution in [2.45, 2.75) is 63.6 Å². The number of carbonyl (C=O) groups is 1. The molecule has 2 saturated heterocycles. The second kappa shape index (κ2) is 9.70. The fraction of sp³-hybridized carbons (Fsp3) is 0.650. The van der Waals surface area contributed by atoms with E-state index < -0.39 is 0 Å². The first-order valence-electron chi connectivity index (χ1n) is 9.95. The van der Waals surface area contributed by atoms with E-state index in [1.165, 1.54) is 24.8 Å². The van der Waals surface area contributed by atoms with Crippen LogP contribution in [0.3, 0.4) is 0 Å². The number of piperidine rings is 1. The maximum atomic E-state index is 12.6. The maximum Gasteiger partial charge on any atom is 0.238 e. The van der Waals surface area contributed by atoms with Gasteiger partial charge in [0.05, 0.1) is 6.04 Å². The van der Waals surface area contributed by atoms with Crippen LogP contribution >= 0.6 is 11.6 Å². The summed E-state index contributed by atoms with van der Waals surface area (Å²) in [4.78, 5) is 15.1. The number of benzene rings is 1. The van der Waals surface area contributed by atoms with Crippen LogP contribution < -0.4 is 16.2 Å². The molecule has 0 aromatic heterocycles. The molecule has 0 radical (unpaired) electrons. The smallest absolute Gasteiger partial charge is 0.238 e. The van der Waals surface area contributed by atoms with Gasteiger partial charge in [0.15, 0.2) is 0 Å². The topological polar surface area (TPSA) is 56.4 Å². The first kappa shape index (κ1) is 19.6. The lowest BCUT2D eigenvalue weighted by Gasteiger charge is -2.35. The molecule has 6 heteroatoms. The highest BCUT2D eigenvalue weighted by Crippen LogP contribution is 2.25. The zero-order valence-corrected chi connectivity index (χ0v) is 16.4. The molecule has 5 nitrogen and oxygen atoms in total. The van der Waals surface area contributed by atoms with E-state index in [1.807, 2.05) is 12.1 Å². The molecule has 3 unspecified atom stereocenters. The van der Waals surface area contributed by atoms with E-state index in [1.54, 1.807) is 0 Å². The summed E-state index contributed by atoms with van der Waals surface area (Å²) < 4.78 is 0. The second-order valence-corrected chi connectivity index (χ2v) is 7.91. The fourth-order valence-corrected chi connectivity index (χ4v) is 4.15. The molecule has 0 bridgehead atoms. The molecule has 0 saturated carbocycles. The first-order chi connectivity index (χ1) is 12.7. The summed E-state index contributed by atoms with van der Waals surface area (Å²) in [7, 11) is 0. The van der Waals surface area contributed by atoms with Crippen molar-refractivity contribution in [2.75, 3.05) is 19.6 Å². The van der Waals surface area contributed by atoms with Gasteiger partial charge in [0, 0.05) is 17.6 Å². The average Bonchev–Trinajstić information content (AvgIpc) is 3.13. The van der Waals surface area contributed by atoms with Gasteiger partial charge in [0.1, 0.15) is 6.04 Å². The van der Waals surface area contributed by atoms with Crippen LogP contribution in [0.2, 0.25) is 5.02 Å². The molecule has 144 valence electrons. The number of hydrazine groups is 1. The molecule has 3 atom stereocenters. The van der Waals surface area contributed by atoms with Crippen molar-refractivity contribution in [3.05, 3.63) is 34.9 Å². The molecule has 1 aromatic rings. The van der Waals surface area contributed by atoms with Crippen molar-refractivity contribution < 1.29 is 4.79 Å². The van der Waals surface area contributed by atoms with Crippen LogP contribution in [0, 0.1) is 0 Å². The van der Waals surface area contributed by atoms with Crippen LogP contribution in [0.1, 0.15) is 57.1 Å². The number of nitrogens with one attached hydrogen (secondary N) is 3. The minimum atomic E-state index is -0.140. The summed E-state index contributed by atoms with van der Waals surface area (Å²) in [5.74, 6) is 0.0899. The van der Waals surface area contributed by atoms with E-state index in [4.69, 9.17) is 11.6 Å². The Kier molecular flexibility index (Phi) is 7.32. The molecule has 1 amide bonds. The zero-order valence-electron chi connectivity index (χ0n) is 15.6. The highest BCUT2D eigenvalue weighted by atomic mass is 35.5. The highest BCUT2D eigenvalue weighted by molar-refractivity contribution is 6.30. The van der Waals surface area contributed by atoms with Gasteiger partial charge >= 0.3 is 0 Å². The van der Waals surface area contributed by atoms with Gasteiger partial charge in [-0.05, 0) is 56.5 Å². The minimum absolute atomic E-state index is 0.0899. The van der Waals surface area contributed by atoms with Gasteiger partial charge in [0.25, 0.3) is 0 Å². The summed E-state index contributed by atoms with van der Waals surface area (Å²) in [6, 6.07) is 8.50. The Morgan fingerprint density at radius 2 is 1.96 bits per heavy atom. The number of likely N-dealkylation sites (tertiary alicyclic amines) is 1. The molecule has 3 rings (SSSR count). The molecule has 2 fully saturated rings. The molecular weight excluding hydrogens is 348 g/mol. The molecule has 1 aromatic carbocycles. The van der Waals surface area contributed by atoms with Gasteiger partial charge in [-0.15, -0.1) is 0 Å². The Labute approximate surface area is 161 Å². The van der Waals surface area contributed by atoms with E-state index >= 15 is 0 Å². The van der Waals surface area contributed by atoms with Crippen LogP contribution in [0.15, 0.2) is 24.3 Å². The van der Waals surface area contributed by atoms with E-state index in [0.717, 1.165) is 37.4 Å². The number of rotatable bonds is 7. The molecule has 0 spiro atoms. The van der Waals surface area contributed by atoms with Crippen molar-refractivity contribution in [1.29, 1.82) is 0 Å². The van der Waals surface area contributed by atoms with Gasteiger partial charge in [-0.25, -0.2) is 5.43 Å². The molecule has 0 aliphatic carbocycles. The summed E-state index contributed by atoms with van der Waals surface area (Å²) in [6.45, 7) is 4.98. The third-order valence-corrected chi connectivity index (χ3v) is 5.74. The summed E-state index contributed by atoms with van der Waals surface area (Å²) in [5, 5.41) is 3.93. The second-order valence-electron chi connectivity index (χ2n) is 7.47. The molecular formula is C20H31ClN4O. The standard InChI is InChI=1S/C20H31ClN4O/c1-2-6-17-13-18(24-23-17)20(26)22-14-19(25-11-4-3-5-12-25)15-7-9-16(21)10-8-15/h7-10,17-19,23-24H,2-6,11-14H2,1H3,(H,22,26). The van der Waals surface area contributed by atoms with Crippen LogP contribution in [0.5, 0.6) is 0 Å². The molecule has 2 aliphatic rings. The Hall–Kier alpha value is -1.14. The molecule has 3 N–H and O–H groups in total.